The zero-order valence-electron chi connectivity index (χ0n) is 13.0. The summed E-state index contributed by atoms with van der Waals surface area (Å²) in [6, 6.07) is 9.12. The van der Waals surface area contributed by atoms with Gasteiger partial charge in [0.15, 0.2) is 0 Å². The highest BCUT2D eigenvalue weighted by molar-refractivity contribution is 5.81. The maximum absolute atomic E-state index is 12.6. The molecule has 21 heavy (non-hydrogen) atoms. The Kier molecular flexibility index (Phi) is 4.29. The number of carbonyl (C=O) groups is 1. The van der Waals surface area contributed by atoms with Crippen molar-refractivity contribution in [3.05, 3.63) is 35.4 Å². The van der Waals surface area contributed by atoms with Crippen molar-refractivity contribution in [2.75, 3.05) is 6.61 Å². The number of rotatable bonds is 5. The van der Waals surface area contributed by atoms with Gasteiger partial charge < -0.3 is 9.64 Å². The van der Waals surface area contributed by atoms with E-state index < -0.39 is 0 Å². The van der Waals surface area contributed by atoms with E-state index in [2.05, 4.69) is 38.1 Å². The molecule has 0 spiro atoms. The zero-order valence-corrected chi connectivity index (χ0v) is 13.0. The molecule has 3 nitrogen and oxygen atoms in total. The van der Waals surface area contributed by atoms with Gasteiger partial charge in [-0.3, -0.25) is 4.79 Å². The van der Waals surface area contributed by atoms with Crippen LogP contribution in [0.25, 0.3) is 0 Å². The first-order valence-corrected chi connectivity index (χ1v) is 8.16. The zero-order chi connectivity index (χ0) is 14.8. The van der Waals surface area contributed by atoms with Gasteiger partial charge in [0, 0.05) is 19.2 Å². The monoisotopic (exact) mass is 287 g/mol. The highest BCUT2D eigenvalue weighted by Crippen LogP contribution is 2.30. The van der Waals surface area contributed by atoms with Gasteiger partial charge in [-0.1, -0.05) is 38.1 Å². The molecule has 3 heteroatoms. The summed E-state index contributed by atoms with van der Waals surface area (Å²) in [5.41, 5.74) is 2.57. The van der Waals surface area contributed by atoms with Crippen LogP contribution < -0.4 is 0 Å². The maximum Gasteiger partial charge on any atom is 0.252 e. The molecule has 1 saturated heterocycles. The normalized spacial score (nSPS) is 21.8. The third-order valence-electron chi connectivity index (χ3n) is 4.48. The van der Waals surface area contributed by atoms with Crippen molar-refractivity contribution < 1.29 is 9.53 Å². The number of nitrogens with zero attached hydrogens (tertiary/aromatic N) is 1. The van der Waals surface area contributed by atoms with Gasteiger partial charge in [-0.25, -0.2) is 0 Å². The number of amides is 1. The predicted octanol–water partition coefficient (Wildman–Crippen LogP) is 3.48. The molecule has 0 aromatic heterocycles. The van der Waals surface area contributed by atoms with Gasteiger partial charge in [0.05, 0.1) is 0 Å². The van der Waals surface area contributed by atoms with E-state index in [9.17, 15) is 4.79 Å². The minimum absolute atomic E-state index is 0.194. The molecule has 0 bridgehead atoms. The van der Waals surface area contributed by atoms with Crippen molar-refractivity contribution in [3.8, 4) is 0 Å². The molecule has 2 aliphatic rings. The smallest absolute Gasteiger partial charge is 0.252 e. The Morgan fingerprint density at radius 3 is 2.48 bits per heavy atom. The third kappa shape index (κ3) is 3.46. The van der Waals surface area contributed by atoms with Crippen molar-refractivity contribution in [2.45, 2.75) is 64.1 Å². The molecule has 1 aliphatic carbocycles. The first-order chi connectivity index (χ1) is 10.1. The van der Waals surface area contributed by atoms with Crippen LogP contribution in [0.1, 0.15) is 56.6 Å². The second-order valence-corrected chi connectivity index (χ2v) is 6.60. The summed E-state index contributed by atoms with van der Waals surface area (Å²) in [7, 11) is 0. The quantitative estimate of drug-likeness (QED) is 0.830. The van der Waals surface area contributed by atoms with Crippen LogP contribution in [0.5, 0.6) is 0 Å². The van der Waals surface area contributed by atoms with Crippen molar-refractivity contribution in [3.63, 3.8) is 0 Å². The van der Waals surface area contributed by atoms with Crippen LogP contribution in [-0.2, 0) is 16.1 Å². The van der Waals surface area contributed by atoms with Gasteiger partial charge in [0.1, 0.15) is 6.10 Å². The topological polar surface area (TPSA) is 29.5 Å². The van der Waals surface area contributed by atoms with E-state index in [1.54, 1.807) is 0 Å². The Hall–Kier alpha value is -1.35. The summed E-state index contributed by atoms with van der Waals surface area (Å²) < 4.78 is 5.57. The van der Waals surface area contributed by atoms with Crippen LogP contribution in [-0.4, -0.2) is 29.6 Å². The fraction of sp³-hybridized carbons (Fsp3) is 0.611. The lowest BCUT2D eigenvalue weighted by molar-refractivity contribution is -0.142. The van der Waals surface area contributed by atoms with Crippen LogP contribution in [0.2, 0.25) is 0 Å². The Balaban J connectivity index is 1.68. The van der Waals surface area contributed by atoms with Crippen molar-refractivity contribution in [1.82, 2.24) is 4.90 Å². The van der Waals surface area contributed by atoms with Crippen LogP contribution in [0, 0.1) is 0 Å². The van der Waals surface area contributed by atoms with Gasteiger partial charge in [-0.05, 0) is 42.7 Å². The molecule has 1 amide bonds. The van der Waals surface area contributed by atoms with Crippen molar-refractivity contribution >= 4 is 5.91 Å². The van der Waals surface area contributed by atoms with E-state index in [1.165, 1.54) is 11.1 Å². The predicted molar refractivity (Wildman–Crippen MR) is 83.1 cm³/mol. The summed E-state index contributed by atoms with van der Waals surface area (Å²) in [6.07, 6.45) is 3.98. The van der Waals surface area contributed by atoms with E-state index in [-0.39, 0.29) is 12.0 Å². The number of benzene rings is 1. The summed E-state index contributed by atoms with van der Waals surface area (Å²) in [4.78, 5) is 14.6. The van der Waals surface area contributed by atoms with E-state index in [1.807, 2.05) is 4.90 Å². The molecule has 2 fully saturated rings. The van der Waals surface area contributed by atoms with Crippen molar-refractivity contribution in [1.29, 1.82) is 0 Å². The highest BCUT2D eigenvalue weighted by atomic mass is 16.5. The Bertz CT molecular complexity index is 484. The Morgan fingerprint density at radius 1 is 1.24 bits per heavy atom. The van der Waals surface area contributed by atoms with Crippen LogP contribution in [0.4, 0.5) is 0 Å². The molecular formula is C18H25NO2. The fourth-order valence-electron chi connectivity index (χ4n) is 2.94. The second kappa shape index (κ2) is 6.18. The average molecular weight is 287 g/mol. The van der Waals surface area contributed by atoms with Gasteiger partial charge in [-0.2, -0.15) is 0 Å². The molecule has 3 rings (SSSR count). The molecule has 114 valence electrons. The van der Waals surface area contributed by atoms with E-state index in [0.717, 1.165) is 38.8 Å². The SMILES string of the molecule is CC(C)c1ccc(CN(C(=O)C2CCCO2)C2CC2)cc1. The minimum atomic E-state index is -0.194. The molecule has 1 heterocycles. The van der Waals surface area contributed by atoms with Crippen LogP contribution >= 0.6 is 0 Å². The summed E-state index contributed by atoms with van der Waals surface area (Å²) in [5, 5.41) is 0. The Morgan fingerprint density at radius 2 is 1.95 bits per heavy atom. The molecular weight excluding hydrogens is 262 g/mol. The van der Waals surface area contributed by atoms with Gasteiger partial charge in [-0.15, -0.1) is 0 Å². The highest BCUT2D eigenvalue weighted by Gasteiger charge is 2.37. The molecule has 1 aromatic carbocycles. The summed E-state index contributed by atoms with van der Waals surface area (Å²) in [6.45, 7) is 5.86. The van der Waals surface area contributed by atoms with Crippen LogP contribution in [0.3, 0.4) is 0 Å². The summed E-state index contributed by atoms with van der Waals surface area (Å²) in [5.74, 6) is 0.745. The molecule has 0 N–H and O–H groups in total. The third-order valence-corrected chi connectivity index (χ3v) is 4.48. The standard InChI is InChI=1S/C18H25NO2/c1-13(2)15-7-5-14(6-8-15)12-19(16-9-10-16)18(20)17-4-3-11-21-17/h5-8,13,16-17H,3-4,9-12H2,1-2H3. The number of carbonyl (C=O) groups excluding carboxylic acids is 1. The first kappa shape index (κ1) is 14.6. The van der Waals surface area contributed by atoms with Gasteiger partial charge in [0.25, 0.3) is 5.91 Å². The largest absolute Gasteiger partial charge is 0.368 e. The lowest BCUT2D eigenvalue weighted by Crippen LogP contribution is -2.39. The second-order valence-electron chi connectivity index (χ2n) is 6.60. The van der Waals surface area contributed by atoms with Gasteiger partial charge >= 0.3 is 0 Å². The van der Waals surface area contributed by atoms with Crippen LogP contribution in [0.15, 0.2) is 24.3 Å². The Labute approximate surface area is 127 Å². The number of ether oxygens (including phenoxy) is 1. The first-order valence-electron chi connectivity index (χ1n) is 8.16. The van der Waals surface area contributed by atoms with E-state index >= 15 is 0 Å². The van der Waals surface area contributed by atoms with Gasteiger partial charge in [0.2, 0.25) is 0 Å². The van der Waals surface area contributed by atoms with E-state index in [0.29, 0.717) is 12.0 Å². The molecule has 1 aliphatic heterocycles. The molecule has 1 saturated carbocycles. The molecule has 1 unspecified atom stereocenters. The lowest BCUT2D eigenvalue weighted by Gasteiger charge is -2.25. The molecule has 1 aromatic rings. The number of hydrogen-bond acceptors (Lipinski definition) is 2. The number of hydrogen-bond donors (Lipinski definition) is 0. The van der Waals surface area contributed by atoms with E-state index in [4.69, 9.17) is 4.74 Å². The fourth-order valence-corrected chi connectivity index (χ4v) is 2.94. The molecule has 0 radical (unpaired) electrons. The molecule has 1 atom stereocenters. The average Bonchev–Trinajstić information content (AvgIpc) is 3.18. The summed E-state index contributed by atoms with van der Waals surface area (Å²) >= 11 is 0. The maximum atomic E-state index is 12.6. The lowest BCUT2D eigenvalue weighted by atomic mass is 10.0. The minimum Gasteiger partial charge on any atom is -0.368 e. The van der Waals surface area contributed by atoms with Crippen molar-refractivity contribution in [2.24, 2.45) is 0 Å².